The van der Waals surface area contributed by atoms with Crippen molar-refractivity contribution in [2.45, 2.75) is 31.8 Å². The number of nitrogens with one attached hydrogen (secondary N) is 1. The number of fused-ring (bicyclic) bond motifs is 1. The minimum Gasteiger partial charge on any atom is -0.494 e. The van der Waals surface area contributed by atoms with E-state index in [9.17, 15) is 23.1 Å². The molecule has 1 amide bonds. The van der Waals surface area contributed by atoms with Gasteiger partial charge < -0.3 is 25.3 Å². The number of aliphatic hydroxyl groups excluding tert-OH is 1. The molecule has 0 unspecified atom stereocenters. The SMILES string of the molecule is COc1ccc(-c2nc(C(=O)N[C@H](C)[C@@H](O)c3ccccc3)c(CN)o2)c2ccc(C(F)(F)F)nc12. The summed E-state index contributed by atoms with van der Waals surface area (Å²) in [5.41, 5.74) is 5.49. The zero-order valence-electron chi connectivity index (χ0n) is 19.3. The van der Waals surface area contributed by atoms with Crippen LogP contribution in [-0.4, -0.2) is 34.1 Å². The highest BCUT2D eigenvalue weighted by atomic mass is 19.4. The summed E-state index contributed by atoms with van der Waals surface area (Å²) in [6.45, 7) is 1.48. The largest absolute Gasteiger partial charge is 0.494 e. The minimum absolute atomic E-state index is 0.0222. The number of halogens is 3. The van der Waals surface area contributed by atoms with E-state index in [0.717, 1.165) is 6.07 Å². The summed E-state index contributed by atoms with van der Waals surface area (Å²) in [6.07, 6.45) is -5.61. The van der Waals surface area contributed by atoms with Gasteiger partial charge in [0, 0.05) is 10.9 Å². The van der Waals surface area contributed by atoms with Crippen LogP contribution in [0.25, 0.3) is 22.4 Å². The molecule has 0 aliphatic heterocycles. The molecule has 2 aromatic carbocycles. The highest BCUT2D eigenvalue weighted by Gasteiger charge is 2.33. The van der Waals surface area contributed by atoms with Gasteiger partial charge in [-0.1, -0.05) is 30.3 Å². The van der Waals surface area contributed by atoms with Crippen molar-refractivity contribution in [3.63, 3.8) is 0 Å². The van der Waals surface area contributed by atoms with Gasteiger partial charge >= 0.3 is 6.18 Å². The van der Waals surface area contributed by atoms with Gasteiger partial charge in [0.2, 0.25) is 5.89 Å². The van der Waals surface area contributed by atoms with Crippen LogP contribution in [0.1, 0.15) is 40.5 Å². The zero-order valence-corrected chi connectivity index (χ0v) is 19.3. The van der Waals surface area contributed by atoms with Crippen LogP contribution in [-0.2, 0) is 12.7 Å². The topological polar surface area (TPSA) is 124 Å². The number of oxazole rings is 1. The fourth-order valence-corrected chi connectivity index (χ4v) is 3.78. The van der Waals surface area contributed by atoms with E-state index >= 15 is 0 Å². The van der Waals surface area contributed by atoms with Crippen LogP contribution in [0.2, 0.25) is 0 Å². The maximum atomic E-state index is 13.2. The molecule has 4 N–H and O–H groups in total. The standard InChI is InChI=1S/C25H23F3N4O4/c1-13(22(33)14-6-4-3-5-7-14)30-23(34)21-18(12-29)36-24(32-21)16-8-10-17(35-2)20-15(16)9-11-19(31-20)25(26,27)28/h3-11,13,22,33H,12,29H2,1-2H3,(H,30,34)/t13-,22-/m1/s1. The predicted molar refractivity (Wildman–Crippen MR) is 125 cm³/mol. The first kappa shape index (κ1) is 25.1. The quantitative estimate of drug-likeness (QED) is 0.347. The van der Waals surface area contributed by atoms with Crippen LogP contribution in [0.4, 0.5) is 13.2 Å². The van der Waals surface area contributed by atoms with Crippen LogP contribution < -0.4 is 15.8 Å². The molecule has 0 saturated heterocycles. The molecule has 0 bridgehead atoms. The number of alkyl halides is 3. The summed E-state index contributed by atoms with van der Waals surface area (Å²) >= 11 is 0. The average Bonchev–Trinajstić information content (AvgIpc) is 3.31. The smallest absolute Gasteiger partial charge is 0.433 e. The van der Waals surface area contributed by atoms with E-state index in [4.69, 9.17) is 14.9 Å². The monoisotopic (exact) mass is 500 g/mol. The van der Waals surface area contributed by atoms with Crippen LogP contribution in [0.3, 0.4) is 0 Å². The highest BCUT2D eigenvalue weighted by Crippen LogP contribution is 2.37. The molecule has 8 nitrogen and oxygen atoms in total. The van der Waals surface area contributed by atoms with E-state index in [1.807, 2.05) is 6.07 Å². The van der Waals surface area contributed by atoms with Gasteiger partial charge in [-0.15, -0.1) is 0 Å². The Hall–Kier alpha value is -3.96. The van der Waals surface area contributed by atoms with E-state index in [0.29, 0.717) is 11.1 Å². The summed E-state index contributed by atoms with van der Waals surface area (Å²) in [4.78, 5) is 21.0. The molecule has 188 valence electrons. The first-order valence-electron chi connectivity index (χ1n) is 10.9. The average molecular weight is 500 g/mol. The van der Waals surface area contributed by atoms with Gasteiger partial charge in [0.05, 0.1) is 25.8 Å². The molecular weight excluding hydrogens is 477 g/mol. The zero-order chi connectivity index (χ0) is 26.0. The molecule has 4 rings (SSSR count). The Morgan fingerprint density at radius 1 is 1.14 bits per heavy atom. The normalized spacial score (nSPS) is 13.4. The first-order chi connectivity index (χ1) is 17.1. The molecule has 4 aromatic rings. The maximum absolute atomic E-state index is 13.2. The number of methoxy groups -OCH3 is 1. The van der Waals surface area contributed by atoms with Gasteiger partial charge in [-0.3, -0.25) is 4.79 Å². The number of rotatable bonds is 7. The van der Waals surface area contributed by atoms with Crippen LogP contribution >= 0.6 is 0 Å². The summed E-state index contributed by atoms with van der Waals surface area (Å²) in [6, 6.07) is 13.2. The summed E-state index contributed by atoms with van der Waals surface area (Å²) in [5.74, 6) is -0.436. The number of amides is 1. The Balaban J connectivity index is 1.69. The number of benzene rings is 2. The van der Waals surface area contributed by atoms with E-state index < -0.39 is 29.9 Å². The van der Waals surface area contributed by atoms with Crippen molar-refractivity contribution >= 4 is 16.8 Å². The van der Waals surface area contributed by atoms with Crippen molar-refractivity contribution in [3.8, 4) is 17.2 Å². The number of nitrogens with zero attached hydrogens (tertiary/aromatic N) is 2. The molecule has 0 saturated carbocycles. The van der Waals surface area contributed by atoms with Crippen LogP contribution in [0.5, 0.6) is 5.75 Å². The highest BCUT2D eigenvalue weighted by molar-refractivity contribution is 5.98. The number of aliphatic hydroxyl groups is 1. The van der Waals surface area contributed by atoms with Gasteiger partial charge in [-0.05, 0) is 36.8 Å². The van der Waals surface area contributed by atoms with Crippen LogP contribution in [0, 0.1) is 0 Å². The third-order valence-electron chi connectivity index (χ3n) is 5.63. The van der Waals surface area contributed by atoms with Gasteiger partial charge in [0.1, 0.15) is 17.0 Å². The number of hydrogen-bond donors (Lipinski definition) is 3. The fourth-order valence-electron chi connectivity index (χ4n) is 3.78. The van der Waals surface area contributed by atoms with Crippen molar-refractivity contribution in [2.75, 3.05) is 7.11 Å². The molecular formula is C25H23F3N4O4. The third kappa shape index (κ3) is 4.88. The number of pyridine rings is 1. The number of hydrogen-bond acceptors (Lipinski definition) is 7. The Labute approximate surface area is 203 Å². The predicted octanol–water partition coefficient (Wildman–Crippen LogP) is 4.23. The number of nitrogens with two attached hydrogens (primary N) is 1. The minimum atomic E-state index is -4.64. The van der Waals surface area contributed by atoms with E-state index in [1.54, 1.807) is 37.3 Å². The molecule has 0 aliphatic rings. The molecule has 0 spiro atoms. The van der Waals surface area contributed by atoms with Crippen molar-refractivity contribution < 1.29 is 32.2 Å². The third-order valence-corrected chi connectivity index (χ3v) is 5.63. The van der Waals surface area contributed by atoms with Gasteiger partial charge in [-0.2, -0.15) is 13.2 Å². The molecule has 2 heterocycles. The first-order valence-corrected chi connectivity index (χ1v) is 10.9. The summed E-state index contributed by atoms with van der Waals surface area (Å²) in [7, 11) is 1.32. The van der Waals surface area contributed by atoms with Crippen LogP contribution in [0.15, 0.2) is 59.0 Å². The Kier molecular flexibility index (Phi) is 6.95. The molecule has 11 heteroatoms. The fraction of sp³-hybridized carbons (Fsp3) is 0.240. The van der Waals surface area contributed by atoms with E-state index in [2.05, 4.69) is 15.3 Å². The summed E-state index contributed by atoms with van der Waals surface area (Å²) in [5, 5.41) is 13.5. The Morgan fingerprint density at radius 3 is 2.50 bits per heavy atom. The molecule has 2 aromatic heterocycles. The van der Waals surface area contributed by atoms with Crippen molar-refractivity contribution in [1.82, 2.24) is 15.3 Å². The lowest BCUT2D eigenvalue weighted by molar-refractivity contribution is -0.140. The molecule has 0 fully saturated rings. The number of aromatic nitrogens is 2. The van der Waals surface area contributed by atoms with Crippen molar-refractivity contribution in [1.29, 1.82) is 0 Å². The molecule has 36 heavy (non-hydrogen) atoms. The van der Waals surface area contributed by atoms with E-state index in [1.165, 1.54) is 19.2 Å². The number of carbonyl (C=O) groups is 1. The second kappa shape index (κ2) is 9.96. The van der Waals surface area contributed by atoms with Crippen molar-refractivity contribution in [2.24, 2.45) is 5.73 Å². The Morgan fingerprint density at radius 2 is 1.86 bits per heavy atom. The second-order valence-electron chi connectivity index (χ2n) is 8.02. The molecule has 0 radical (unpaired) electrons. The Bertz CT molecular complexity index is 1390. The maximum Gasteiger partial charge on any atom is 0.433 e. The van der Waals surface area contributed by atoms with Gasteiger partial charge in [0.25, 0.3) is 5.91 Å². The van der Waals surface area contributed by atoms with Crippen molar-refractivity contribution in [3.05, 3.63) is 77.3 Å². The number of ether oxygens (including phenoxy) is 1. The number of carbonyl (C=O) groups excluding carboxylic acids is 1. The molecule has 2 atom stereocenters. The lowest BCUT2D eigenvalue weighted by Crippen LogP contribution is -2.37. The molecule has 0 aliphatic carbocycles. The summed E-state index contributed by atoms with van der Waals surface area (Å²) < 4.78 is 50.6. The lowest BCUT2D eigenvalue weighted by Gasteiger charge is -2.20. The second-order valence-corrected chi connectivity index (χ2v) is 8.02. The lowest BCUT2D eigenvalue weighted by atomic mass is 10.0. The van der Waals surface area contributed by atoms with Gasteiger partial charge in [-0.25, -0.2) is 9.97 Å². The van der Waals surface area contributed by atoms with Gasteiger partial charge in [0.15, 0.2) is 11.5 Å². The van der Waals surface area contributed by atoms with E-state index in [-0.39, 0.29) is 40.5 Å².